The minimum Gasteiger partial charge on any atom is -0.344 e. The fourth-order valence-corrected chi connectivity index (χ4v) is 14.5. The Morgan fingerprint density at radius 1 is 1.00 bits per heavy atom. The van der Waals surface area contributed by atoms with Gasteiger partial charge in [0.2, 0.25) is 0 Å². The van der Waals surface area contributed by atoms with Crippen LogP contribution in [-0.4, -0.2) is 40.6 Å². The average Bonchev–Trinajstić information content (AvgIpc) is 3.20. The minimum atomic E-state index is -2.23. The van der Waals surface area contributed by atoms with Gasteiger partial charge in [0.1, 0.15) is 31.3 Å². The van der Waals surface area contributed by atoms with Crippen LogP contribution in [0.25, 0.3) is 11.2 Å². The second kappa shape index (κ2) is 7.91. The van der Waals surface area contributed by atoms with Crippen LogP contribution in [0, 0.1) is 23.2 Å². The summed E-state index contributed by atoms with van der Waals surface area (Å²) in [7, 11) is -2.23. The number of fused-ring (bicyclic) bond motifs is 4. The van der Waals surface area contributed by atoms with E-state index in [4.69, 9.17) is 42.6 Å². The highest BCUT2D eigenvalue weighted by Crippen LogP contribution is 2.63. The van der Waals surface area contributed by atoms with Crippen molar-refractivity contribution >= 4 is 47.9 Å². The monoisotopic (exact) mass is 520 g/mol. The van der Waals surface area contributed by atoms with Gasteiger partial charge in [-0.05, 0) is 48.7 Å². The van der Waals surface area contributed by atoms with E-state index in [1.165, 1.54) is 0 Å². The van der Waals surface area contributed by atoms with Crippen LogP contribution >= 0.6 is 23.2 Å². The fourth-order valence-electron chi connectivity index (χ4n) is 7.49. The van der Waals surface area contributed by atoms with E-state index in [2.05, 4.69) is 52.2 Å². The van der Waals surface area contributed by atoms with Crippen molar-refractivity contribution in [1.29, 1.82) is 5.26 Å². The first kappa shape index (κ1) is 24.5. The first-order chi connectivity index (χ1) is 15.9. The first-order valence-electron chi connectivity index (χ1n) is 12.4. The molecule has 1 saturated heterocycles. The Morgan fingerprint density at radius 2 is 1.59 bits per heavy atom. The van der Waals surface area contributed by atoms with Crippen LogP contribution in [0.3, 0.4) is 0 Å². The normalized spacial score (nSPS) is 29.8. The van der Waals surface area contributed by atoms with Gasteiger partial charge in [-0.3, -0.25) is 0 Å². The molecule has 3 aliphatic rings. The van der Waals surface area contributed by atoms with Crippen LogP contribution in [0.5, 0.6) is 0 Å². The third-order valence-corrected chi connectivity index (χ3v) is 16.1. The van der Waals surface area contributed by atoms with Gasteiger partial charge in [0.05, 0.1) is 22.6 Å². The van der Waals surface area contributed by atoms with Gasteiger partial charge in [-0.2, -0.15) is 5.26 Å². The average molecular weight is 522 g/mol. The Bertz CT molecular complexity index is 1180. The summed E-state index contributed by atoms with van der Waals surface area (Å²) < 4.78 is 15.2. The van der Waals surface area contributed by atoms with Crippen molar-refractivity contribution in [2.24, 2.45) is 11.8 Å². The number of rotatable bonds is 5. The van der Waals surface area contributed by atoms with Crippen LogP contribution in [0.2, 0.25) is 26.8 Å². The topological polar surface area (TPSA) is 73.0 Å². The highest BCUT2D eigenvalue weighted by Gasteiger charge is 2.67. The van der Waals surface area contributed by atoms with Gasteiger partial charge in [-0.1, -0.05) is 64.7 Å². The predicted octanol–water partition coefficient (Wildman–Crippen LogP) is 6.21. The molecule has 0 N–H and O–H groups in total. The summed E-state index contributed by atoms with van der Waals surface area (Å²) in [5.74, 6) is 0.326. The molecule has 0 aromatic carbocycles. The molecule has 0 bridgehead atoms. The number of pyridine rings is 1. The summed E-state index contributed by atoms with van der Waals surface area (Å²) in [6.45, 7) is 18.0. The molecule has 184 valence electrons. The van der Waals surface area contributed by atoms with E-state index in [1.807, 2.05) is 13.8 Å². The molecule has 2 saturated carbocycles. The van der Waals surface area contributed by atoms with E-state index in [0.29, 0.717) is 44.6 Å². The standard InChI is InChI=1S/C25H34Cl2N4O2Si/c1-11(2)34(12(3)4,13(5)6)24-29-18-17(26)16(10-28)22(27)30-23(18)31(24)19-14-9-15(14)20-21(19)33-25(7,8)32-20/h11-15,19-21H,9H2,1-8H3/t14-,15+,19+,20+,21-/m0/s1. The molecular formula is C25H34Cl2N4O2Si. The third-order valence-electron chi connectivity index (χ3n) is 8.64. The van der Waals surface area contributed by atoms with Crippen molar-refractivity contribution in [3.8, 4) is 6.07 Å². The number of halogens is 2. The zero-order valence-electron chi connectivity index (χ0n) is 21.2. The van der Waals surface area contributed by atoms with Crippen LogP contribution in [-0.2, 0) is 9.47 Å². The molecule has 0 amide bonds. The second-order valence-corrected chi connectivity index (χ2v) is 18.2. The van der Waals surface area contributed by atoms with E-state index in [9.17, 15) is 5.26 Å². The quantitative estimate of drug-likeness (QED) is 0.346. The minimum absolute atomic E-state index is 0.0625. The lowest BCUT2D eigenvalue weighted by molar-refractivity contribution is -0.156. The molecule has 3 fully saturated rings. The summed E-state index contributed by atoms with van der Waals surface area (Å²) in [5, 5.41) is 10.1. The lowest BCUT2D eigenvalue weighted by Gasteiger charge is -2.43. The van der Waals surface area contributed by atoms with Gasteiger partial charge >= 0.3 is 0 Å². The molecule has 1 aliphatic heterocycles. The van der Waals surface area contributed by atoms with Crippen molar-refractivity contribution in [1.82, 2.24) is 14.5 Å². The maximum Gasteiger partial charge on any atom is 0.163 e. The second-order valence-electron chi connectivity index (χ2n) is 11.7. The molecule has 34 heavy (non-hydrogen) atoms. The zero-order chi connectivity index (χ0) is 24.9. The van der Waals surface area contributed by atoms with Crippen LogP contribution in [0.1, 0.15) is 73.4 Å². The number of hydrogen-bond acceptors (Lipinski definition) is 5. The molecule has 3 heterocycles. The smallest absolute Gasteiger partial charge is 0.163 e. The van der Waals surface area contributed by atoms with E-state index in [1.54, 1.807) is 0 Å². The molecule has 9 heteroatoms. The van der Waals surface area contributed by atoms with Gasteiger partial charge < -0.3 is 14.0 Å². The first-order valence-corrected chi connectivity index (χ1v) is 15.4. The highest BCUT2D eigenvalue weighted by molar-refractivity contribution is 6.94. The summed E-state index contributed by atoms with van der Waals surface area (Å²) in [6, 6.07) is 2.18. The Labute approximate surface area is 212 Å². The van der Waals surface area contributed by atoms with Gasteiger partial charge in [0.15, 0.2) is 16.6 Å². The third kappa shape index (κ3) is 3.18. The lowest BCUT2D eigenvalue weighted by atomic mass is 10.1. The van der Waals surface area contributed by atoms with Gasteiger partial charge in [0.25, 0.3) is 0 Å². The Hall–Kier alpha value is -1.17. The van der Waals surface area contributed by atoms with Crippen molar-refractivity contribution < 1.29 is 9.47 Å². The number of nitrogens with zero attached hydrogens (tertiary/aromatic N) is 4. The summed E-state index contributed by atoms with van der Waals surface area (Å²) in [4.78, 5) is 10.0. The fraction of sp³-hybridized carbons (Fsp3) is 0.720. The Kier molecular flexibility index (Phi) is 5.71. The van der Waals surface area contributed by atoms with Crippen LogP contribution < -0.4 is 5.45 Å². The molecule has 5 rings (SSSR count). The van der Waals surface area contributed by atoms with E-state index < -0.39 is 13.9 Å². The van der Waals surface area contributed by atoms with Crippen LogP contribution in [0.15, 0.2) is 0 Å². The number of aromatic nitrogens is 3. The summed E-state index contributed by atoms with van der Waals surface area (Å²) in [5.41, 5.74) is 3.87. The highest BCUT2D eigenvalue weighted by atomic mass is 35.5. The Balaban J connectivity index is 1.85. The van der Waals surface area contributed by atoms with Crippen LogP contribution in [0.4, 0.5) is 0 Å². The van der Waals surface area contributed by atoms with E-state index in [-0.39, 0.29) is 29.0 Å². The molecule has 2 aromatic heterocycles. The van der Waals surface area contributed by atoms with Gasteiger partial charge in [0, 0.05) is 0 Å². The number of imidazole rings is 1. The molecule has 0 unspecified atom stereocenters. The predicted molar refractivity (Wildman–Crippen MR) is 137 cm³/mol. The number of nitriles is 1. The largest absolute Gasteiger partial charge is 0.344 e. The van der Waals surface area contributed by atoms with E-state index in [0.717, 1.165) is 11.9 Å². The summed E-state index contributed by atoms with van der Waals surface area (Å²) >= 11 is 13.3. The molecular weight excluding hydrogens is 487 g/mol. The molecule has 2 aliphatic carbocycles. The maximum atomic E-state index is 9.68. The van der Waals surface area contributed by atoms with Crippen molar-refractivity contribution in [3.05, 3.63) is 15.7 Å². The molecule has 0 radical (unpaired) electrons. The Morgan fingerprint density at radius 3 is 2.15 bits per heavy atom. The molecule has 0 spiro atoms. The maximum absolute atomic E-state index is 9.68. The zero-order valence-corrected chi connectivity index (χ0v) is 23.7. The van der Waals surface area contributed by atoms with Crippen molar-refractivity contribution in [3.63, 3.8) is 0 Å². The van der Waals surface area contributed by atoms with Crippen molar-refractivity contribution in [2.75, 3.05) is 0 Å². The number of ether oxygens (including phenoxy) is 2. The SMILES string of the molecule is CC(C)[Si](c1nc2c(Cl)c(C#N)c(Cl)nc2n1[C@@H]1[C@H]2C[C@H]2[C@H]2OC(C)(C)O[C@H]21)(C(C)C)C(C)C. The summed E-state index contributed by atoms with van der Waals surface area (Å²) in [6.07, 6.45) is 1.12. The molecule has 6 nitrogen and oxygen atoms in total. The lowest BCUT2D eigenvalue weighted by Crippen LogP contribution is -2.60. The van der Waals surface area contributed by atoms with Gasteiger partial charge in [-0.15, -0.1) is 0 Å². The van der Waals surface area contributed by atoms with Gasteiger partial charge in [-0.25, -0.2) is 9.97 Å². The van der Waals surface area contributed by atoms with Crippen molar-refractivity contribution in [2.45, 2.75) is 102 Å². The molecule has 2 aromatic rings. The molecule has 5 atom stereocenters. The van der Waals surface area contributed by atoms with E-state index >= 15 is 0 Å². The number of hydrogen-bond donors (Lipinski definition) is 0.